The SMILES string of the molecule is CCCCCc1ccc(-c2ccc(-c3cc(F)c(C(F)(F)Oc4ccc(-c5ccc(OCC)c(F)c5)c(F)c4)c(F)c3)c(F)c2)nc1. The number of aryl methyl sites for hydroxylation is 1. The Hall–Kier alpha value is -4.86. The number of pyridine rings is 1. The van der Waals surface area contributed by atoms with Crippen molar-refractivity contribution in [3.63, 3.8) is 0 Å². The molecule has 0 unspecified atom stereocenters. The number of rotatable bonds is 12. The van der Waals surface area contributed by atoms with Crippen LogP contribution in [0.3, 0.4) is 0 Å². The van der Waals surface area contributed by atoms with Crippen LogP contribution >= 0.6 is 0 Å². The topological polar surface area (TPSA) is 31.4 Å². The minimum atomic E-state index is -4.58. The molecule has 5 aromatic rings. The largest absolute Gasteiger partial charge is 0.491 e. The molecule has 0 aliphatic carbocycles. The third kappa shape index (κ3) is 7.59. The van der Waals surface area contributed by atoms with E-state index in [0.717, 1.165) is 55.5 Å². The third-order valence-electron chi connectivity index (χ3n) is 7.53. The van der Waals surface area contributed by atoms with Gasteiger partial charge < -0.3 is 9.47 Å². The lowest BCUT2D eigenvalue weighted by Crippen LogP contribution is -2.25. The van der Waals surface area contributed by atoms with E-state index in [2.05, 4.69) is 16.6 Å². The lowest BCUT2D eigenvalue weighted by Gasteiger charge is -2.20. The Morgan fingerprint density at radius 3 is 1.89 bits per heavy atom. The van der Waals surface area contributed by atoms with Crippen LogP contribution in [0.4, 0.5) is 30.7 Å². The smallest absolute Gasteiger partial charge is 0.432 e. The Morgan fingerprint density at radius 2 is 1.28 bits per heavy atom. The quantitative estimate of drug-likeness (QED) is 0.0992. The maximum atomic E-state index is 15.2. The fraction of sp³-hybridized carbons (Fsp3) is 0.216. The first kappa shape index (κ1) is 33.5. The van der Waals surface area contributed by atoms with Crippen LogP contribution in [0.5, 0.6) is 11.5 Å². The van der Waals surface area contributed by atoms with Crippen LogP contribution in [-0.2, 0) is 12.5 Å². The van der Waals surface area contributed by atoms with E-state index in [4.69, 9.17) is 4.74 Å². The predicted octanol–water partition coefficient (Wildman–Crippen LogP) is 11.0. The minimum Gasteiger partial charge on any atom is -0.491 e. The lowest BCUT2D eigenvalue weighted by molar-refractivity contribution is -0.189. The van der Waals surface area contributed by atoms with E-state index in [-0.39, 0.29) is 34.6 Å². The van der Waals surface area contributed by atoms with Crippen molar-refractivity contribution in [1.82, 2.24) is 4.98 Å². The molecule has 0 amide bonds. The predicted molar refractivity (Wildman–Crippen MR) is 166 cm³/mol. The summed E-state index contributed by atoms with van der Waals surface area (Å²) >= 11 is 0. The summed E-state index contributed by atoms with van der Waals surface area (Å²) in [4.78, 5) is 4.38. The van der Waals surface area contributed by atoms with E-state index in [0.29, 0.717) is 29.5 Å². The fourth-order valence-electron chi connectivity index (χ4n) is 5.17. The zero-order valence-corrected chi connectivity index (χ0v) is 25.5. The Morgan fingerprint density at radius 1 is 0.638 bits per heavy atom. The number of nitrogens with zero attached hydrogens (tertiary/aromatic N) is 1. The fourth-order valence-corrected chi connectivity index (χ4v) is 5.17. The van der Waals surface area contributed by atoms with Crippen molar-refractivity contribution in [1.29, 1.82) is 0 Å². The van der Waals surface area contributed by atoms with Crippen LogP contribution in [0.15, 0.2) is 85.1 Å². The standard InChI is InChI=1S/C37H30F7NO2/c1-3-5-6-7-22-8-14-34(45-21-22)24-9-12-28(29(38)17-24)25-18-32(41)36(33(42)19-25)37(43,44)47-26-11-13-27(30(39)20-26)23-10-15-35(46-4-2)31(40)16-23/h8-21H,3-7H2,1-2H3. The van der Waals surface area contributed by atoms with Crippen LogP contribution in [0.1, 0.15) is 44.2 Å². The van der Waals surface area contributed by atoms with Crippen LogP contribution in [0, 0.1) is 29.1 Å². The number of hydrogen-bond acceptors (Lipinski definition) is 3. The van der Waals surface area contributed by atoms with Gasteiger partial charge in [-0.1, -0.05) is 44.0 Å². The zero-order chi connectivity index (χ0) is 33.7. The molecule has 0 aliphatic heterocycles. The van der Waals surface area contributed by atoms with Crippen molar-refractivity contribution in [2.45, 2.75) is 45.6 Å². The molecule has 0 aliphatic rings. The summed E-state index contributed by atoms with van der Waals surface area (Å²) < 4.78 is 114. The monoisotopic (exact) mass is 653 g/mol. The zero-order valence-electron chi connectivity index (χ0n) is 25.5. The highest BCUT2D eigenvalue weighted by Gasteiger charge is 2.41. The van der Waals surface area contributed by atoms with Crippen LogP contribution < -0.4 is 9.47 Å². The molecule has 3 nitrogen and oxygen atoms in total. The lowest BCUT2D eigenvalue weighted by atomic mass is 9.99. The maximum absolute atomic E-state index is 15.2. The van der Waals surface area contributed by atoms with Gasteiger partial charge in [0.05, 0.1) is 12.3 Å². The van der Waals surface area contributed by atoms with Crippen molar-refractivity contribution in [3.8, 4) is 45.0 Å². The van der Waals surface area contributed by atoms with Crippen molar-refractivity contribution >= 4 is 0 Å². The van der Waals surface area contributed by atoms with Gasteiger partial charge in [0, 0.05) is 29.0 Å². The summed E-state index contributed by atoms with van der Waals surface area (Å²) in [6.07, 6.45) is 1.24. The first-order valence-electron chi connectivity index (χ1n) is 15.0. The highest BCUT2D eigenvalue weighted by atomic mass is 19.3. The average molecular weight is 654 g/mol. The second kappa shape index (κ2) is 14.3. The Balaban J connectivity index is 1.34. The molecule has 47 heavy (non-hydrogen) atoms. The Bertz CT molecular complexity index is 1850. The molecule has 1 heterocycles. The Labute approximate surface area is 267 Å². The third-order valence-corrected chi connectivity index (χ3v) is 7.53. The number of halogens is 7. The molecule has 0 fully saturated rings. The summed E-state index contributed by atoms with van der Waals surface area (Å²) in [6.45, 7) is 3.99. The summed E-state index contributed by atoms with van der Waals surface area (Å²) in [5.74, 6) is -6.81. The van der Waals surface area contributed by atoms with Crippen molar-refractivity contribution in [2.24, 2.45) is 0 Å². The molecule has 1 aromatic heterocycles. The number of alkyl halides is 2. The number of ether oxygens (including phenoxy) is 2. The van der Waals surface area contributed by atoms with Gasteiger partial charge >= 0.3 is 6.11 Å². The van der Waals surface area contributed by atoms with Crippen molar-refractivity contribution in [2.75, 3.05) is 6.61 Å². The average Bonchev–Trinajstić information content (AvgIpc) is 3.02. The molecular formula is C37H30F7NO2. The molecular weight excluding hydrogens is 623 g/mol. The van der Waals surface area contributed by atoms with Gasteiger partial charge in [0.15, 0.2) is 11.6 Å². The molecule has 0 bridgehead atoms. The summed E-state index contributed by atoms with van der Waals surface area (Å²) in [7, 11) is 0. The van der Waals surface area contributed by atoms with E-state index in [1.165, 1.54) is 24.3 Å². The number of aromatic nitrogens is 1. The highest BCUT2D eigenvalue weighted by Crippen LogP contribution is 2.39. The molecule has 4 aromatic carbocycles. The van der Waals surface area contributed by atoms with Gasteiger partial charge in [-0.05, 0) is 85.0 Å². The van der Waals surface area contributed by atoms with Crippen molar-refractivity contribution in [3.05, 3.63) is 125 Å². The van der Waals surface area contributed by atoms with Gasteiger partial charge in [-0.25, -0.2) is 22.0 Å². The first-order valence-corrected chi connectivity index (χ1v) is 15.0. The first-order chi connectivity index (χ1) is 22.5. The summed E-state index contributed by atoms with van der Waals surface area (Å²) in [5.41, 5.74) is -0.338. The highest BCUT2D eigenvalue weighted by molar-refractivity contribution is 5.70. The second-order valence-corrected chi connectivity index (χ2v) is 10.9. The molecule has 244 valence electrons. The molecule has 10 heteroatoms. The molecule has 0 N–H and O–H groups in total. The molecule has 0 atom stereocenters. The van der Waals surface area contributed by atoms with Gasteiger partial charge in [-0.2, -0.15) is 8.78 Å². The second-order valence-electron chi connectivity index (χ2n) is 10.9. The van der Waals surface area contributed by atoms with Gasteiger partial charge in [-0.3, -0.25) is 4.98 Å². The summed E-state index contributed by atoms with van der Waals surface area (Å²) in [5, 5.41) is 0. The maximum Gasteiger partial charge on any atom is 0.432 e. The van der Waals surface area contributed by atoms with Gasteiger partial charge in [0.2, 0.25) is 0 Å². The van der Waals surface area contributed by atoms with Crippen LogP contribution in [0.2, 0.25) is 0 Å². The van der Waals surface area contributed by atoms with E-state index < -0.39 is 46.5 Å². The van der Waals surface area contributed by atoms with Crippen LogP contribution in [0.25, 0.3) is 33.5 Å². The number of unbranched alkanes of at least 4 members (excludes halogenated alkanes) is 2. The number of benzene rings is 4. The minimum absolute atomic E-state index is 0.0398. The molecule has 0 radical (unpaired) electrons. The normalized spacial score (nSPS) is 11.5. The summed E-state index contributed by atoms with van der Waals surface area (Å²) in [6, 6.07) is 15.1. The molecule has 0 saturated heterocycles. The van der Waals surface area contributed by atoms with Gasteiger partial charge in [0.25, 0.3) is 0 Å². The van der Waals surface area contributed by atoms with Crippen molar-refractivity contribution < 1.29 is 40.2 Å². The molecule has 5 rings (SSSR count). The number of hydrogen-bond donors (Lipinski definition) is 0. The van der Waals surface area contributed by atoms with E-state index in [1.54, 1.807) is 19.2 Å². The molecule has 0 saturated carbocycles. The van der Waals surface area contributed by atoms with E-state index in [9.17, 15) is 8.78 Å². The molecule has 0 spiro atoms. The van der Waals surface area contributed by atoms with Gasteiger partial charge in [-0.15, -0.1) is 0 Å². The Kier molecular flexibility index (Phi) is 10.2. The van der Waals surface area contributed by atoms with Gasteiger partial charge in [0.1, 0.15) is 34.6 Å². The van der Waals surface area contributed by atoms with E-state index in [1.807, 2.05) is 6.07 Å². The van der Waals surface area contributed by atoms with Crippen LogP contribution in [-0.4, -0.2) is 11.6 Å². The van der Waals surface area contributed by atoms with E-state index >= 15 is 22.0 Å².